The molecule has 1 atom stereocenters. The van der Waals surface area contributed by atoms with Crippen LogP contribution < -0.4 is 36.1 Å². The van der Waals surface area contributed by atoms with Crippen molar-refractivity contribution in [2.75, 3.05) is 34.2 Å². The molecule has 2 aromatic carbocycles. The van der Waals surface area contributed by atoms with E-state index in [4.69, 9.17) is 30.4 Å². The van der Waals surface area contributed by atoms with Crippen molar-refractivity contribution in [1.29, 1.82) is 0 Å². The summed E-state index contributed by atoms with van der Waals surface area (Å²) >= 11 is 0. The zero-order valence-electron chi connectivity index (χ0n) is 17.4. The molecule has 0 aliphatic heterocycles. The molecule has 6 N–H and O–H groups in total. The van der Waals surface area contributed by atoms with Crippen LogP contribution in [0.4, 0.5) is 5.69 Å². The van der Waals surface area contributed by atoms with Gasteiger partial charge in [0.15, 0.2) is 11.5 Å². The van der Waals surface area contributed by atoms with Gasteiger partial charge in [-0.2, -0.15) is 0 Å². The third-order valence-corrected chi connectivity index (χ3v) is 3.86. The van der Waals surface area contributed by atoms with E-state index >= 15 is 0 Å². The van der Waals surface area contributed by atoms with E-state index in [1.165, 1.54) is 0 Å². The van der Waals surface area contributed by atoms with Gasteiger partial charge in [0.2, 0.25) is 11.7 Å². The van der Waals surface area contributed by atoms with Crippen molar-refractivity contribution < 1.29 is 23.7 Å². The SMILES string of the molecule is COc1ccc(C=Cc2cc(OC)c(OC)c(OC)c2)cc1N.C[C@H](N)C(N)=O. The van der Waals surface area contributed by atoms with Crippen LogP contribution in [0.3, 0.4) is 0 Å². The molecule has 29 heavy (non-hydrogen) atoms. The van der Waals surface area contributed by atoms with Crippen molar-refractivity contribution >= 4 is 23.7 Å². The predicted octanol–water partition coefficient (Wildman–Crippen LogP) is 2.29. The molecular weight excluding hydrogens is 374 g/mol. The Morgan fingerprint density at radius 3 is 1.72 bits per heavy atom. The second-order valence-electron chi connectivity index (χ2n) is 5.98. The molecule has 8 heteroatoms. The Bertz CT molecular complexity index is 825. The van der Waals surface area contributed by atoms with Gasteiger partial charge in [-0.15, -0.1) is 0 Å². The van der Waals surface area contributed by atoms with Crippen LogP contribution in [-0.2, 0) is 4.79 Å². The van der Waals surface area contributed by atoms with E-state index in [0.717, 1.165) is 11.1 Å². The van der Waals surface area contributed by atoms with E-state index in [0.29, 0.717) is 28.7 Å². The van der Waals surface area contributed by atoms with Crippen molar-refractivity contribution in [3.63, 3.8) is 0 Å². The summed E-state index contributed by atoms with van der Waals surface area (Å²) in [5, 5.41) is 0. The molecule has 8 nitrogen and oxygen atoms in total. The second kappa shape index (κ2) is 11.5. The topological polar surface area (TPSA) is 132 Å². The molecule has 2 aromatic rings. The molecule has 0 saturated carbocycles. The number of amides is 1. The van der Waals surface area contributed by atoms with Crippen molar-refractivity contribution in [3.05, 3.63) is 41.5 Å². The fourth-order valence-electron chi connectivity index (χ4n) is 2.25. The van der Waals surface area contributed by atoms with E-state index < -0.39 is 11.9 Å². The van der Waals surface area contributed by atoms with Gasteiger partial charge in [-0.3, -0.25) is 4.79 Å². The molecule has 0 spiro atoms. The Balaban J connectivity index is 0.000000612. The first-order valence-electron chi connectivity index (χ1n) is 8.73. The molecule has 0 bridgehead atoms. The summed E-state index contributed by atoms with van der Waals surface area (Å²) in [7, 11) is 6.36. The fourth-order valence-corrected chi connectivity index (χ4v) is 2.25. The predicted molar refractivity (Wildman–Crippen MR) is 115 cm³/mol. The summed E-state index contributed by atoms with van der Waals surface area (Å²) in [6.45, 7) is 1.54. The Hall–Kier alpha value is -3.39. The van der Waals surface area contributed by atoms with Gasteiger partial charge < -0.3 is 36.1 Å². The van der Waals surface area contributed by atoms with Crippen LogP contribution in [0, 0.1) is 0 Å². The highest BCUT2D eigenvalue weighted by atomic mass is 16.5. The number of ether oxygens (including phenoxy) is 4. The minimum Gasteiger partial charge on any atom is -0.495 e. The zero-order chi connectivity index (χ0) is 22.0. The smallest absolute Gasteiger partial charge is 0.234 e. The number of carbonyl (C=O) groups is 1. The summed E-state index contributed by atoms with van der Waals surface area (Å²) in [6.07, 6.45) is 3.90. The molecule has 0 saturated heterocycles. The summed E-state index contributed by atoms with van der Waals surface area (Å²) in [5.41, 5.74) is 18.0. The molecule has 158 valence electrons. The summed E-state index contributed by atoms with van der Waals surface area (Å²) in [5.74, 6) is 1.99. The maximum absolute atomic E-state index is 9.80. The zero-order valence-corrected chi connectivity index (χ0v) is 17.4. The summed E-state index contributed by atoms with van der Waals surface area (Å²) < 4.78 is 21.2. The average Bonchev–Trinajstić information content (AvgIpc) is 2.71. The number of rotatable bonds is 7. The molecule has 0 fully saturated rings. The van der Waals surface area contributed by atoms with Crippen molar-refractivity contribution in [2.45, 2.75) is 13.0 Å². The van der Waals surface area contributed by atoms with Crippen molar-refractivity contribution in [1.82, 2.24) is 0 Å². The number of hydrogen-bond donors (Lipinski definition) is 3. The minimum absolute atomic E-state index is 0.463. The van der Waals surface area contributed by atoms with Gasteiger partial charge in [0.1, 0.15) is 5.75 Å². The van der Waals surface area contributed by atoms with E-state index in [2.05, 4.69) is 5.73 Å². The summed E-state index contributed by atoms with van der Waals surface area (Å²) in [4.78, 5) is 9.80. The maximum Gasteiger partial charge on any atom is 0.234 e. The first-order chi connectivity index (χ1) is 13.8. The number of nitrogens with two attached hydrogens (primary N) is 3. The van der Waals surface area contributed by atoms with Crippen LogP contribution in [0.1, 0.15) is 18.1 Å². The fraction of sp³-hybridized carbons (Fsp3) is 0.286. The van der Waals surface area contributed by atoms with Crippen LogP contribution in [0.2, 0.25) is 0 Å². The Morgan fingerprint density at radius 2 is 1.34 bits per heavy atom. The van der Waals surface area contributed by atoms with Gasteiger partial charge in [0, 0.05) is 0 Å². The van der Waals surface area contributed by atoms with Gasteiger partial charge in [-0.05, 0) is 42.3 Å². The van der Waals surface area contributed by atoms with E-state index in [1.807, 2.05) is 42.5 Å². The third kappa shape index (κ3) is 6.93. The molecule has 0 unspecified atom stereocenters. The van der Waals surface area contributed by atoms with Crippen LogP contribution >= 0.6 is 0 Å². The van der Waals surface area contributed by atoms with Crippen LogP contribution in [0.25, 0.3) is 12.2 Å². The van der Waals surface area contributed by atoms with Gasteiger partial charge in [0.05, 0.1) is 40.2 Å². The molecule has 0 aliphatic carbocycles. The van der Waals surface area contributed by atoms with E-state index in [-0.39, 0.29) is 0 Å². The number of methoxy groups -OCH3 is 4. The molecule has 0 aromatic heterocycles. The third-order valence-electron chi connectivity index (χ3n) is 3.86. The highest BCUT2D eigenvalue weighted by molar-refractivity contribution is 5.79. The highest BCUT2D eigenvalue weighted by Crippen LogP contribution is 2.38. The molecule has 2 rings (SSSR count). The monoisotopic (exact) mass is 403 g/mol. The first-order valence-corrected chi connectivity index (χ1v) is 8.73. The number of nitrogen functional groups attached to an aromatic ring is 1. The molecule has 1 amide bonds. The standard InChI is InChI=1S/C18H21NO4.C3H8N2O/c1-20-15-8-7-12(9-14(15)19)5-6-13-10-16(21-2)18(23-4)17(11-13)22-3;1-2(4)3(5)6/h5-11H,19H2,1-4H3;2H,4H2,1H3,(H2,5,6)/t;2-/m.0/s1. The average molecular weight is 403 g/mol. The van der Waals surface area contributed by atoms with E-state index in [9.17, 15) is 4.79 Å². The van der Waals surface area contributed by atoms with Crippen LogP contribution in [0.15, 0.2) is 30.3 Å². The molecule has 0 aliphatic rings. The van der Waals surface area contributed by atoms with Crippen LogP contribution in [-0.4, -0.2) is 40.4 Å². The summed E-state index contributed by atoms with van der Waals surface area (Å²) in [6, 6.07) is 8.88. The lowest BCUT2D eigenvalue weighted by Crippen LogP contribution is -2.32. The van der Waals surface area contributed by atoms with Gasteiger partial charge >= 0.3 is 0 Å². The largest absolute Gasteiger partial charge is 0.495 e. The Morgan fingerprint density at radius 1 is 0.862 bits per heavy atom. The van der Waals surface area contributed by atoms with Crippen molar-refractivity contribution in [2.24, 2.45) is 11.5 Å². The highest BCUT2D eigenvalue weighted by Gasteiger charge is 2.12. The number of anilines is 1. The minimum atomic E-state index is -0.509. The maximum atomic E-state index is 9.80. The van der Waals surface area contributed by atoms with Gasteiger partial charge in [0.25, 0.3) is 0 Å². The number of hydrogen-bond acceptors (Lipinski definition) is 7. The normalized spacial score (nSPS) is 11.2. The Kier molecular flexibility index (Phi) is 9.34. The lowest BCUT2D eigenvalue weighted by Gasteiger charge is -2.12. The molecule has 0 radical (unpaired) electrons. The molecule has 0 heterocycles. The van der Waals surface area contributed by atoms with Gasteiger partial charge in [-0.1, -0.05) is 18.2 Å². The number of primary amides is 1. The van der Waals surface area contributed by atoms with E-state index in [1.54, 1.807) is 35.4 Å². The molecular formula is C21H29N3O5. The van der Waals surface area contributed by atoms with Gasteiger partial charge in [-0.25, -0.2) is 0 Å². The van der Waals surface area contributed by atoms with Crippen molar-refractivity contribution in [3.8, 4) is 23.0 Å². The second-order valence-corrected chi connectivity index (χ2v) is 5.98. The number of carbonyl (C=O) groups excluding carboxylic acids is 1. The lowest BCUT2D eigenvalue weighted by molar-refractivity contribution is -0.118. The Labute approximate surface area is 171 Å². The quantitative estimate of drug-likeness (QED) is 0.477. The first kappa shape index (κ1) is 23.6. The number of benzene rings is 2. The lowest BCUT2D eigenvalue weighted by atomic mass is 10.1. The van der Waals surface area contributed by atoms with Crippen LogP contribution in [0.5, 0.6) is 23.0 Å².